The highest BCUT2D eigenvalue weighted by Crippen LogP contribution is 2.44. The average Bonchev–Trinajstić information content (AvgIpc) is 3.06. The van der Waals surface area contributed by atoms with E-state index in [-0.39, 0.29) is 0 Å². The third-order valence-electron chi connectivity index (χ3n) is 3.71. The normalized spacial score (nSPS) is 17.5. The maximum atomic E-state index is 6.04. The third-order valence-corrected chi connectivity index (χ3v) is 3.71. The fourth-order valence-corrected chi connectivity index (χ4v) is 2.59. The summed E-state index contributed by atoms with van der Waals surface area (Å²) in [4.78, 5) is 4.75. The van der Waals surface area contributed by atoms with Gasteiger partial charge in [0, 0.05) is 23.2 Å². The Morgan fingerprint density at radius 1 is 1.53 bits per heavy atom. The van der Waals surface area contributed by atoms with Gasteiger partial charge in [0.1, 0.15) is 5.82 Å². The molecule has 4 heteroatoms. The minimum atomic E-state index is 0.566. The smallest absolute Gasteiger partial charge is 0.160 e. The number of anilines is 1. The Morgan fingerprint density at radius 3 is 2.94 bits per heavy atom. The van der Waals surface area contributed by atoms with Crippen molar-refractivity contribution in [3.63, 3.8) is 0 Å². The van der Waals surface area contributed by atoms with Crippen LogP contribution in [0, 0.1) is 12.8 Å². The fourth-order valence-electron chi connectivity index (χ4n) is 2.59. The van der Waals surface area contributed by atoms with Crippen LogP contribution in [0.3, 0.4) is 0 Å². The molecule has 0 amide bonds. The van der Waals surface area contributed by atoms with E-state index < -0.39 is 0 Å². The van der Waals surface area contributed by atoms with Crippen LogP contribution in [-0.4, -0.2) is 14.6 Å². The molecular formula is C13H18N4. The Labute approximate surface area is 101 Å². The SMILES string of the molecule is CCC(c1cc(N)n2ncc(C)c2n1)C1CC1. The van der Waals surface area contributed by atoms with Crippen LogP contribution in [0.5, 0.6) is 0 Å². The van der Waals surface area contributed by atoms with Crippen molar-refractivity contribution in [3.05, 3.63) is 23.5 Å². The summed E-state index contributed by atoms with van der Waals surface area (Å²) in [5, 5.41) is 4.23. The van der Waals surface area contributed by atoms with Crippen LogP contribution < -0.4 is 5.73 Å². The highest BCUT2D eigenvalue weighted by Gasteiger charge is 2.32. The maximum Gasteiger partial charge on any atom is 0.160 e. The first kappa shape index (κ1) is 10.6. The molecule has 1 aliphatic carbocycles. The predicted molar refractivity (Wildman–Crippen MR) is 67.9 cm³/mol. The number of nitrogens with two attached hydrogens (primary N) is 1. The number of aryl methyl sites for hydroxylation is 1. The lowest BCUT2D eigenvalue weighted by Gasteiger charge is -2.14. The minimum absolute atomic E-state index is 0.566. The van der Waals surface area contributed by atoms with Gasteiger partial charge in [-0.15, -0.1) is 0 Å². The van der Waals surface area contributed by atoms with Gasteiger partial charge in [-0.25, -0.2) is 4.98 Å². The molecule has 2 aromatic rings. The molecular weight excluding hydrogens is 212 g/mol. The van der Waals surface area contributed by atoms with Crippen LogP contribution in [0.4, 0.5) is 5.82 Å². The summed E-state index contributed by atoms with van der Waals surface area (Å²) in [5.74, 6) is 2.08. The summed E-state index contributed by atoms with van der Waals surface area (Å²) in [6.45, 7) is 4.25. The Bertz CT molecular complexity index is 554. The second-order valence-corrected chi connectivity index (χ2v) is 5.02. The zero-order valence-electron chi connectivity index (χ0n) is 10.3. The number of rotatable bonds is 3. The van der Waals surface area contributed by atoms with Gasteiger partial charge in [0.2, 0.25) is 0 Å². The van der Waals surface area contributed by atoms with Gasteiger partial charge in [0.15, 0.2) is 5.65 Å². The Morgan fingerprint density at radius 2 is 2.29 bits per heavy atom. The molecule has 1 fully saturated rings. The molecule has 0 aromatic carbocycles. The van der Waals surface area contributed by atoms with Crippen molar-refractivity contribution in [2.45, 2.75) is 39.0 Å². The molecule has 90 valence electrons. The quantitative estimate of drug-likeness (QED) is 0.881. The fraction of sp³-hybridized carbons (Fsp3) is 0.538. The number of fused-ring (bicyclic) bond motifs is 1. The molecule has 0 saturated heterocycles. The molecule has 2 aromatic heterocycles. The highest BCUT2D eigenvalue weighted by molar-refractivity contribution is 5.52. The van der Waals surface area contributed by atoms with E-state index >= 15 is 0 Å². The summed E-state index contributed by atoms with van der Waals surface area (Å²) in [6, 6.07) is 1.99. The predicted octanol–water partition coefficient (Wildman–Crippen LogP) is 2.52. The van der Waals surface area contributed by atoms with Crippen molar-refractivity contribution in [3.8, 4) is 0 Å². The van der Waals surface area contributed by atoms with Crippen LogP contribution in [-0.2, 0) is 0 Å². The number of hydrogen-bond acceptors (Lipinski definition) is 3. The van der Waals surface area contributed by atoms with Crippen LogP contribution in [0.2, 0.25) is 0 Å². The second kappa shape index (κ2) is 3.72. The van der Waals surface area contributed by atoms with E-state index in [4.69, 9.17) is 10.7 Å². The third kappa shape index (κ3) is 1.68. The Hall–Kier alpha value is -1.58. The zero-order valence-corrected chi connectivity index (χ0v) is 10.3. The lowest BCUT2D eigenvalue weighted by atomic mass is 9.96. The molecule has 0 bridgehead atoms. The first-order valence-corrected chi connectivity index (χ1v) is 6.31. The molecule has 4 nitrogen and oxygen atoms in total. The highest BCUT2D eigenvalue weighted by atomic mass is 15.3. The minimum Gasteiger partial charge on any atom is -0.384 e. The van der Waals surface area contributed by atoms with E-state index in [2.05, 4.69) is 12.0 Å². The average molecular weight is 230 g/mol. The number of nitrogen functional groups attached to an aromatic ring is 1. The molecule has 2 heterocycles. The number of hydrogen-bond donors (Lipinski definition) is 1. The van der Waals surface area contributed by atoms with E-state index in [0.717, 1.165) is 29.2 Å². The Kier molecular flexibility index (Phi) is 2.31. The number of nitrogens with zero attached hydrogens (tertiary/aromatic N) is 3. The topological polar surface area (TPSA) is 56.2 Å². The van der Waals surface area contributed by atoms with E-state index in [1.54, 1.807) is 4.52 Å². The molecule has 2 N–H and O–H groups in total. The van der Waals surface area contributed by atoms with Crippen LogP contribution >= 0.6 is 0 Å². The monoisotopic (exact) mass is 230 g/mol. The van der Waals surface area contributed by atoms with Gasteiger partial charge >= 0.3 is 0 Å². The molecule has 1 saturated carbocycles. The van der Waals surface area contributed by atoms with Crippen LogP contribution in [0.15, 0.2) is 12.3 Å². The lowest BCUT2D eigenvalue weighted by Crippen LogP contribution is -2.08. The molecule has 17 heavy (non-hydrogen) atoms. The Balaban J connectivity index is 2.12. The largest absolute Gasteiger partial charge is 0.384 e. The van der Waals surface area contributed by atoms with E-state index in [1.165, 1.54) is 12.8 Å². The number of aromatic nitrogens is 3. The van der Waals surface area contributed by atoms with Gasteiger partial charge in [0.25, 0.3) is 0 Å². The first-order chi connectivity index (χ1) is 8.20. The van der Waals surface area contributed by atoms with Crippen molar-refractivity contribution < 1.29 is 0 Å². The molecule has 3 rings (SSSR count). The van der Waals surface area contributed by atoms with E-state index in [9.17, 15) is 0 Å². The van der Waals surface area contributed by atoms with Gasteiger partial charge in [-0.2, -0.15) is 9.61 Å². The van der Waals surface area contributed by atoms with E-state index in [0.29, 0.717) is 11.7 Å². The molecule has 0 radical (unpaired) electrons. The molecule has 1 aliphatic rings. The summed E-state index contributed by atoms with van der Waals surface area (Å²) < 4.78 is 1.72. The first-order valence-electron chi connectivity index (χ1n) is 6.31. The molecule has 1 atom stereocenters. The summed E-state index contributed by atoms with van der Waals surface area (Å²) in [5.41, 5.74) is 9.18. The summed E-state index contributed by atoms with van der Waals surface area (Å²) in [6.07, 6.45) is 5.63. The van der Waals surface area contributed by atoms with Crippen LogP contribution in [0.1, 0.15) is 43.4 Å². The summed E-state index contributed by atoms with van der Waals surface area (Å²) in [7, 11) is 0. The van der Waals surface area contributed by atoms with Gasteiger partial charge < -0.3 is 5.73 Å². The van der Waals surface area contributed by atoms with Crippen molar-refractivity contribution in [1.82, 2.24) is 14.6 Å². The van der Waals surface area contributed by atoms with Crippen molar-refractivity contribution in [2.24, 2.45) is 5.92 Å². The molecule has 0 spiro atoms. The second-order valence-electron chi connectivity index (χ2n) is 5.02. The summed E-state index contributed by atoms with van der Waals surface area (Å²) >= 11 is 0. The van der Waals surface area contributed by atoms with Gasteiger partial charge in [0.05, 0.1) is 6.20 Å². The van der Waals surface area contributed by atoms with E-state index in [1.807, 2.05) is 19.2 Å². The van der Waals surface area contributed by atoms with Gasteiger partial charge in [-0.1, -0.05) is 6.92 Å². The standard InChI is InChI=1S/C13H18N4/c1-3-10(9-4-5-9)11-6-12(14)17-13(16-11)8(2)7-15-17/h6-7,9-10H,3-5,14H2,1-2H3. The van der Waals surface area contributed by atoms with Crippen LogP contribution in [0.25, 0.3) is 5.65 Å². The molecule has 1 unspecified atom stereocenters. The van der Waals surface area contributed by atoms with Gasteiger partial charge in [-0.05, 0) is 32.1 Å². The maximum absolute atomic E-state index is 6.04. The van der Waals surface area contributed by atoms with Crippen molar-refractivity contribution in [2.75, 3.05) is 5.73 Å². The van der Waals surface area contributed by atoms with Crippen molar-refractivity contribution >= 4 is 11.5 Å². The van der Waals surface area contributed by atoms with Crippen molar-refractivity contribution in [1.29, 1.82) is 0 Å². The van der Waals surface area contributed by atoms with Gasteiger partial charge in [-0.3, -0.25) is 0 Å². The lowest BCUT2D eigenvalue weighted by molar-refractivity contribution is 0.571. The zero-order chi connectivity index (χ0) is 12.0. The molecule has 0 aliphatic heterocycles.